The fraction of sp³-hybridized carbons (Fsp3) is 0.304. The number of aromatic nitrogens is 2. The van der Waals surface area contributed by atoms with Crippen LogP contribution in [0.5, 0.6) is 11.5 Å². The molecule has 0 unspecified atom stereocenters. The van der Waals surface area contributed by atoms with Gasteiger partial charge in [0.05, 0.1) is 48.1 Å². The molecule has 1 saturated heterocycles. The van der Waals surface area contributed by atoms with Crippen molar-refractivity contribution in [3.05, 3.63) is 63.9 Å². The van der Waals surface area contributed by atoms with E-state index >= 15 is 0 Å². The first-order chi connectivity index (χ1) is 15.5. The summed E-state index contributed by atoms with van der Waals surface area (Å²) in [4.78, 5) is 13.4. The van der Waals surface area contributed by atoms with Gasteiger partial charge < -0.3 is 20.1 Å². The van der Waals surface area contributed by atoms with Crippen molar-refractivity contribution in [1.82, 2.24) is 15.1 Å². The van der Waals surface area contributed by atoms with Gasteiger partial charge in [0.15, 0.2) is 0 Å². The number of nitrogens with one attached hydrogen (secondary N) is 2. The molecule has 0 bridgehead atoms. The lowest BCUT2D eigenvalue weighted by atomic mass is 9.91. The van der Waals surface area contributed by atoms with Crippen LogP contribution in [0.3, 0.4) is 0 Å². The molecule has 1 amide bonds. The van der Waals surface area contributed by atoms with Crippen LogP contribution in [-0.2, 0) is 0 Å². The molecule has 4 rings (SSSR count). The minimum absolute atomic E-state index is 0. The molecule has 0 saturated carbocycles. The van der Waals surface area contributed by atoms with Gasteiger partial charge in [-0.15, -0.1) is 12.4 Å². The van der Waals surface area contributed by atoms with Gasteiger partial charge in [0.1, 0.15) is 11.5 Å². The summed E-state index contributed by atoms with van der Waals surface area (Å²) in [5.74, 6) is 0.829. The van der Waals surface area contributed by atoms with E-state index in [1.807, 2.05) is 28.9 Å². The highest BCUT2D eigenvalue weighted by Gasteiger charge is 2.27. The predicted molar refractivity (Wildman–Crippen MR) is 133 cm³/mol. The van der Waals surface area contributed by atoms with Gasteiger partial charge in [0, 0.05) is 17.0 Å². The molecule has 2 N–H and O–H groups in total. The number of hydrogen-bond acceptors (Lipinski definition) is 5. The lowest BCUT2D eigenvalue weighted by Gasteiger charge is -2.25. The van der Waals surface area contributed by atoms with Gasteiger partial charge in [-0.25, -0.2) is 4.68 Å². The topological polar surface area (TPSA) is 77.4 Å². The summed E-state index contributed by atoms with van der Waals surface area (Å²) in [6.45, 7) is 1.78. The first-order valence-corrected chi connectivity index (χ1v) is 11.0. The van der Waals surface area contributed by atoms with E-state index in [2.05, 4.69) is 15.7 Å². The Labute approximate surface area is 208 Å². The molecule has 1 aliphatic heterocycles. The largest absolute Gasteiger partial charge is 0.495 e. The maximum Gasteiger partial charge on any atom is 0.259 e. The average Bonchev–Trinajstić information content (AvgIpc) is 3.26. The van der Waals surface area contributed by atoms with Gasteiger partial charge in [0.2, 0.25) is 0 Å². The van der Waals surface area contributed by atoms with Crippen LogP contribution in [0.2, 0.25) is 10.0 Å². The summed E-state index contributed by atoms with van der Waals surface area (Å²) in [7, 11) is 3.05. The zero-order chi connectivity index (χ0) is 22.7. The van der Waals surface area contributed by atoms with Crippen molar-refractivity contribution in [1.29, 1.82) is 0 Å². The monoisotopic (exact) mass is 510 g/mol. The van der Waals surface area contributed by atoms with Crippen LogP contribution < -0.4 is 20.1 Å². The maximum atomic E-state index is 13.4. The number of benzene rings is 2. The minimum atomic E-state index is -0.279. The molecular weight excluding hydrogens is 487 g/mol. The summed E-state index contributed by atoms with van der Waals surface area (Å²) in [5, 5.41) is 11.9. The van der Waals surface area contributed by atoms with Crippen molar-refractivity contribution in [2.45, 2.75) is 18.8 Å². The first-order valence-electron chi connectivity index (χ1n) is 10.3. The third-order valence-electron chi connectivity index (χ3n) is 5.57. The number of hydrogen-bond donors (Lipinski definition) is 2. The molecule has 0 atom stereocenters. The van der Waals surface area contributed by atoms with Crippen LogP contribution in [0, 0.1) is 0 Å². The Morgan fingerprint density at radius 3 is 2.39 bits per heavy atom. The number of piperidine rings is 1. The minimum Gasteiger partial charge on any atom is -0.495 e. The van der Waals surface area contributed by atoms with E-state index < -0.39 is 0 Å². The Balaban J connectivity index is 0.00000306. The predicted octanol–water partition coefficient (Wildman–Crippen LogP) is 5.34. The molecule has 10 heteroatoms. The Kier molecular flexibility index (Phi) is 8.48. The Morgan fingerprint density at radius 1 is 1.09 bits per heavy atom. The number of rotatable bonds is 6. The molecule has 7 nitrogen and oxygen atoms in total. The van der Waals surface area contributed by atoms with Crippen molar-refractivity contribution in [2.24, 2.45) is 0 Å². The summed E-state index contributed by atoms with van der Waals surface area (Å²) in [6.07, 6.45) is 3.44. The van der Waals surface area contributed by atoms with Gasteiger partial charge in [-0.2, -0.15) is 5.10 Å². The van der Waals surface area contributed by atoms with Crippen molar-refractivity contribution in [3.63, 3.8) is 0 Å². The molecular formula is C23H25Cl3N4O3. The third-order valence-corrected chi connectivity index (χ3v) is 6.12. The Morgan fingerprint density at radius 2 is 1.76 bits per heavy atom. The Hall–Kier alpha value is -2.45. The number of ether oxygens (including phenoxy) is 2. The van der Waals surface area contributed by atoms with Crippen LogP contribution in [0.15, 0.2) is 42.6 Å². The number of anilines is 1. The summed E-state index contributed by atoms with van der Waals surface area (Å²) in [5.41, 5.74) is 2.71. The normalized spacial score (nSPS) is 13.8. The molecule has 2 heterocycles. The average molecular weight is 512 g/mol. The second-order valence-electron chi connectivity index (χ2n) is 7.50. The number of amides is 1. The lowest BCUT2D eigenvalue weighted by Crippen LogP contribution is -2.29. The molecule has 0 spiro atoms. The first kappa shape index (κ1) is 25.2. The maximum absolute atomic E-state index is 13.4. The van der Waals surface area contributed by atoms with Crippen LogP contribution in [0.1, 0.15) is 34.8 Å². The van der Waals surface area contributed by atoms with Crippen molar-refractivity contribution in [2.75, 3.05) is 32.6 Å². The SMILES string of the molecule is COc1cc(OC)c(NC(=O)c2cnn(-c3ccc(Cl)cc3)c2C2CCNCC2)cc1Cl.Cl. The van der Waals surface area contributed by atoms with Gasteiger partial charge in [-0.3, -0.25) is 4.79 Å². The molecule has 1 fully saturated rings. The fourth-order valence-corrected chi connectivity index (χ4v) is 4.32. The zero-order valence-electron chi connectivity index (χ0n) is 18.2. The number of carbonyl (C=O) groups excluding carboxylic acids is 1. The molecule has 33 heavy (non-hydrogen) atoms. The molecule has 1 aliphatic rings. The number of nitrogens with zero attached hydrogens (tertiary/aromatic N) is 2. The summed E-state index contributed by atoms with van der Waals surface area (Å²) >= 11 is 12.3. The van der Waals surface area contributed by atoms with Crippen LogP contribution in [-0.4, -0.2) is 43.0 Å². The van der Waals surface area contributed by atoms with E-state index in [4.69, 9.17) is 32.7 Å². The summed E-state index contributed by atoms with van der Waals surface area (Å²) in [6, 6.07) is 10.7. The van der Waals surface area contributed by atoms with Gasteiger partial charge >= 0.3 is 0 Å². The van der Waals surface area contributed by atoms with E-state index in [1.165, 1.54) is 14.2 Å². The Bertz CT molecular complexity index is 1110. The van der Waals surface area contributed by atoms with Crippen molar-refractivity contribution < 1.29 is 14.3 Å². The molecule has 0 aliphatic carbocycles. The van der Waals surface area contributed by atoms with E-state index in [-0.39, 0.29) is 24.2 Å². The standard InChI is InChI=1S/C23H24Cl2N4O3.ClH/c1-31-20-12-21(32-2)19(11-18(20)25)28-23(30)17-13-27-29(16-5-3-15(24)4-6-16)22(17)14-7-9-26-10-8-14;/h3-6,11-14,26H,7-10H2,1-2H3,(H,28,30);1H. The quantitative estimate of drug-likeness (QED) is 0.467. The molecule has 2 aromatic carbocycles. The van der Waals surface area contributed by atoms with Gasteiger partial charge in [-0.05, 0) is 56.3 Å². The molecule has 176 valence electrons. The van der Waals surface area contributed by atoms with E-state index in [0.29, 0.717) is 32.8 Å². The highest BCUT2D eigenvalue weighted by molar-refractivity contribution is 6.32. The third kappa shape index (κ3) is 5.38. The fourth-order valence-electron chi connectivity index (χ4n) is 3.96. The smallest absolute Gasteiger partial charge is 0.259 e. The number of halogens is 3. The number of methoxy groups -OCH3 is 2. The number of carbonyl (C=O) groups is 1. The van der Waals surface area contributed by atoms with Gasteiger partial charge in [0.25, 0.3) is 5.91 Å². The lowest BCUT2D eigenvalue weighted by molar-refractivity contribution is 0.102. The van der Waals surface area contributed by atoms with Crippen LogP contribution in [0.4, 0.5) is 5.69 Å². The molecule has 1 aromatic heterocycles. The second-order valence-corrected chi connectivity index (χ2v) is 8.34. The molecule has 0 radical (unpaired) electrons. The van der Waals surface area contributed by atoms with Crippen LogP contribution >= 0.6 is 35.6 Å². The highest BCUT2D eigenvalue weighted by Crippen LogP contribution is 2.37. The van der Waals surface area contributed by atoms with Gasteiger partial charge in [-0.1, -0.05) is 23.2 Å². The van der Waals surface area contributed by atoms with Crippen molar-refractivity contribution in [3.8, 4) is 17.2 Å². The zero-order valence-corrected chi connectivity index (χ0v) is 20.6. The van der Waals surface area contributed by atoms with E-state index in [0.717, 1.165) is 37.3 Å². The summed E-state index contributed by atoms with van der Waals surface area (Å²) < 4.78 is 12.5. The second kappa shape index (κ2) is 11.1. The van der Waals surface area contributed by atoms with E-state index in [9.17, 15) is 4.79 Å². The van der Waals surface area contributed by atoms with Crippen LogP contribution in [0.25, 0.3) is 5.69 Å². The highest BCUT2D eigenvalue weighted by atomic mass is 35.5. The molecule has 3 aromatic rings. The van der Waals surface area contributed by atoms with Crippen molar-refractivity contribution >= 4 is 47.2 Å². The van der Waals surface area contributed by atoms with E-state index in [1.54, 1.807) is 18.3 Å².